The maximum absolute atomic E-state index is 10.8. The molecular weight excluding hydrogens is 540 g/mol. The van der Waals surface area contributed by atoms with Gasteiger partial charge in [0.1, 0.15) is 48.8 Å². The fourth-order valence-electron chi connectivity index (χ4n) is 5.55. The average molecular weight is 587 g/mol. The molecule has 0 aromatic rings. The van der Waals surface area contributed by atoms with Crippen molar-refractivity contribution in [3.63, 3.8) is 0 Å². The van der Waals surface area contributed by atoms with Crippen LogP contribution in [0.4, 0.5) is 0 Å². The van der Waals surface area contributed by atoms with Gasteiger partial charge in [-0.1, -0.05) is 6.92 Å². The number of hydrogen-bond donors (Lipinski definition) is 9. The molecule has 40 heavy (non-hydrogen) atoms. The van der Waals surface area contributed by atoms with Crippen molar-refractivity contribution in [1.29, 1.82) is 0 Å². The molecule has 6 unspecified atom stereocenters. The predicted octanol–water partition coefficient (Wildman–Crippen LogP) is -4.88. The highest BCUT2D eigenvalue weighted by Gasteiger charge is 2.47. The molecule has 15 heteroatoms. The first kappa shape index (κ1) is 33.9. The van der Waals surface area contributed by atoms with Crippen LogP contribution >= 0.6 is 0 Å². The van der Waals surface area contributed by atoms with Crippen LogP contribution in [0.5, 0.6) is 0 Å². The number of hydrogen-bond acceptors (Lipinski definition) is 15. The zero-order valence-electron chi connectivity index (χ0n) is 22.8. The number of aliphatic hydroxyl groups excluding tert-OH is 9. The van der Waals surface area contributed by atoms with Crippen molar-refractivity contribution >= 4 is 0 Å². The van der Waals surface area contributed by atoms with Crippen LogP contribution in [-0.2, 0) is 28.4 Å². The van der Waals surface area contributed by atoms with Gasteiger partial charge >= 0.3 is 0 Å². The highest BCUT2D eigenvalue weighted by Crippen LogP contribution is 2.30. The van der Waals surface area contributed by atoms with Crippen LogP contribution in [0, 0.1) is 11.8 Å². The largest absolute Gasteiger partial charge is 0.394 e. The van der Waals surface area contributed by atoms with Gasteiger partial charge in [-0.3, -0.25) is 0 Å². The summed E-state index contributed by atoms with van der Waals surface area (Å²) in [7, 11) is 1.42. The van der Waals surface area contributed by atoms with Crippen molar-refractivity contribution in [2.45, 2.75) is 92.7 Å². The Kier molecular flexibility index (Phi) is 13.3. The Morgan fingerprint density at radius 2 is 0.850 bits per heavy atom. The van der Waals surface area contributed by atoms with E-state index < -0.39 is 104 Å². The molecule has 0 saturated carbocycles. The lowest BCUT2D eigenvalue weighted by Gasteiger charge is -2.44. The molecule has 3 heterocycles. The third-order valence-electron chi connectivity index (χ3n) is 8.08. The third-order valence-corrected chi connectivity index (χ3v) is 8.08. The lowest BCUT2D eigenvalue weighted by Crippen LogP contribution is -2.60. The Bertz CT molecular complexity index is 726. The number of ether oxygens (including phenoxy) is 6. The fourth-order valence-corrected chi connectivity index (χ4v) is 5.55. The first-order chi connectivity index (χ1) is 19.1. The lowest BCUT2D eigenvalue weighted by molar-refractivity contribution is -0.249. The smallest absolute Gasteiger partial charge is 0.111 e. The Hall–Kier alpha value is -0.600. The summed E-state index contributed by atoms with van der Waals surface area (Å²) < 4.78 is 33.2. The summed E-state index contributed by atoms with van der Waals surface area (Å²) in [5.41, 5.74) is 0. The molecule has 0 aliphatic carbocycles. The maximum atomic E-state index is 10.8. The highest BCUT2D eigenvalue weighted by atomic mass is 16.6. The van der Waals surface area contributed by atoms with Crippen molar-refractivity contribution < 1.29 is 74.4 Å². The first-order valence-electron chi connectivity index (χ1n) is 13.7. The SMILES string of the molecule is CCC1O[C@H](COC[C@@H]2C(CO)O[C@H](COC[C@@H]3C(CO)O[C@H](COC)C(O)[C@@H]3O)C(O)[C@@H]2O)C(O)[C@H](O)[C@@H]1O. The van der Waals surface area contributed by atoms with E-state index in [0.717, 1.165) is 0 Å². The quantitative estimate of drug-likeness (QED) is 0.0983. The Morgan fingerprint density at radius 3 is 1.25 bits per heavy atom. The topological polar surface area (TPSA) is 237 Å². The molecule has 0 radical (unpaired) electrons. The summed E-state index contributed by atoms with van der Waals surface area (Å²) in [5, 5.41) is 92.2. The Morgan fingerprint density at radius 1 is 0.475 bits per heavy atom. The average Bonchev–Trinajstić information content (AvgIpc) is 2.95. The van der Waals surface area contributed by atoms with Crippen LogP contribution < -0.4 is 0 Å². The summed E-state index contributed by atoms with van der Waals surface area (Å²) >= 11 is 0. The molecule has 3 rings (SSSR count). The van der Waals surface area contributed by atoms with Crippen molar-refractivity contribution in [3.05, 3.63) is 0 Å². The van der Waals surface area contributed by atoms with Crippen molar-refractivity contribution in [3.8, 4) is 0 Å². The molecule has 0 spiro atoms. The Balaban J connectivity index is 1.50. The second-order valence-corrected chi connectivity index (χ2v) is 10.7. The van der Waals surface area contributed by atoms with E-state index in [9.17, 15) is 46.0 Å². The monoisotopic (exact) mass is 586 g/mol. The van der Waals surface area contributed by atoms with Crippen molar-refractivity contribution in [1.82, 2.24) is 0 Å². The molecule has 3 aliphatic heterocycles. The van der Waals surface area contributed by atoms with Gasteiger partial charge in [0, 0.05) is 18.9 Å². The van der Waals surface area contributed by atoms with Gasteiger partial charge in [0.05, 0.1) is 76.8 Å². The highest BCUT2D eigenvalue weighted by molar-refractivity contribution is 4.95. The van der Waals surface area contributed by atoms with Crippen molar-refractivity contribution in [2.24, 2.45) is 11.8 Å². The van der Waals surface area contributed by atoms with Crippen LogP contribution in [-0.4, -0.2) is 179 Å². The molecule has 3 fully saturated rings. The van der Waals surface area contributed by atoms with Crippen LogP contribution in [0.3, 0.4) is 0 Å². The van der Waals surface area contributed by atoms with Crippen LogP contribution in [0.25, 0.3) is 0 Å². The van der Waals surface area contributed by atoms with Gasteiger partial charge in [0.2, 0.25) is 0 Å². The summed E-state index contributed by atoms with van der Waals surface area (Å²) in [5.74, 6) is -1.65. The molecule has 0 aromatic carbocycles. The summed E-state index contributed by atoms with van der Waals surface area (Å²) in [6.45, 7) is 0.0892. The predicted molar refractivity (Wildman–Crippen MR) is 133 cm³/mol. The lowest BCUT2D eigenvalue weighted by atomic mass is 9.87. The zero-order chi connectivity index (χ0) is 29.6. The summed E-state index contributed by atoms with van der Waals surface area (Å²) in [6, 6.07) is 0. The van der Waals surface area contributed by atoms with Crippen LogP contribution in [0.15, 0.2) is 0 Å². The molecular formula is C25H46O15. The van der Waals surface area contributed by atoms with E-state index in [4.69, 9.17) is 28.4 Å². The normalized spacial score (nSPS) is 46.4. The number of rotatable bonds is 13. The van der Waals surface area contributed by atoms with E-state index in [1.807, 2.05) is 0 Å². The minimum atomic E-state index is -1.42. The molecule has 0 bridgehead atoms. The van der Waals surface area contributed by atoms with Gasteiger partial charge in [0.25, 0.3) is 0 Å². The minimum absolute atomic E-state index is 0.0221. The van der Waals surface area contributed by atoms with E-state index in [2.05, 4.69) is 0 Å². The molecule has 15 atom stereocenters. The van der Waals surface area contributed by atoms with Gasteiger partial charge in [-0.05, 0) is 6.42 Å². The second kappa shape index (κ2) is 15.7. The summed E-state index contributed by atoms with van der Waals surface area (Å²) in [6.07, 6.45) is -14.2. The van der Waals surface area contributed by atoms with E-state index in [0.29, 0.717) is 6.42 Å². The van der Waals surface area contributed by atoms with Gasteiger partial charge < -0.3 is 74.4 Å². The number of methoxy groups -OCH3 is 1. The van der Waals surface area contributed by atoms with E-state index in [1.54, 1.807) is 6.92 Å². The zero-order valence-corrected chi connectivity index (χ0v) is 22.8. The van der Waals surface area contributed by atoms with Crippen molar-refractivity contribution in [2.75, 3.05) is 53.4 Å². The summed E-state index contributed by atoms with van der Waals surface area (Å²) in [4.78, 5) is 0. The molecule has 15 nitrogen and oxygen atoms in total. The van der Waals surface area contributed by atoms with Gasteiger partial charge in [-0.25, -0.2) is 0 Å². The van der Waals surface area contributed by atoms with Crippen LogP contribution in [0.2, 0.25) is 0 Å². The number of aliphatic hydroxyl groups is 9. The van der Waals surface area contributed by atoms with Gasteiger partial charge in [0.15, 0.2) is 0 Å². The third kappa shape index (κ3) is 7.67. The fraction of sp³-hybridized carbons (Fsp3) is 1.00. The van der Waals surface area contributed by atoms with E-state index in [1.165, 1.54) is 7.11 Å². The standard InChI is InChI=1S/C25H46O15/c1-3-13-21(30)25(34)24(33)18(38-13)10-37-7-12-15(5-27)40-17(23(32)20(12)29)9-36-6-11-14(4-26)39-16(8-35-2)22(31)19(11)28/h11-34H,3-10H2,1-2H3/t11-,12-,13?,14?,15?,16-,17-,18-,19-,20-,21-,22?,23?,24?,25-/m1/s1. The Labute approximate surface area is 232 Å². The van der Waals surface area contributed by atoms with E-state index >= 15 is 0 Å². The molecule has 0 aromatic heterocycles. The van der Waals surface area contributed by atoms with Gasteiger partial charge in [-0.15, -0.1) is 0 Å². The van der Waals surface area contributed by atoms with Gasteiger partial charge in [-0.2, -0.15) is 0 Å². The molecule has 236 valence electrons. The minimum Gasteiger partial charge on any atom is -0.394 e. The molecule has 9 N–H and O–H groups in total. The van der Waals surface area contributed by atoms with E-state index in [-0.39, 0.29) is 33.0 Å². The molecule has 3 saturated heterocycles. The van der Waals surface area contributed by atoms with Crippen LogP contribution in [0.1, 0.15) is 13.3 Å². The molecule has 3 aliphatic rings. The second-order valence-electron chi connectivity index (χ2n) is 10.7. The maximum Gasteiger partial charge on any atom is 0.111 e. The molecule has 0 amide bonds. The first-order valence-corrected chi connectivity index (χ1v) is 13.7.